The number of rotatable bonds is 4. The van der Waals surface area contributed by atoms with Gasteiger partial charge in [0.05, 0.1) is 18.2 Å². The first-order valence-electron chi connectivity index (χ1n) is 9.54. The number of hydrogen-bond acceptors (Lipinski definition) is 8. The molecule has 0 spiro atoms. The van der Waals surface area contributed by atoms with Gasteiger partial charge in [-0.2, -0.15) is 5.26 Å². The summed E-state index contributed by atoms with van der Waals surface area (Å²) in [6, 6.07) is 5.17. The minimum Gasteiger partial charge on any atom is -0.341 e. The van der Waals surface area contributed by atoms with E-state index in [1.807, 2.05) is 4.90 Å². The third-order valence-corrected chi connectivity index (χ3v) is 5.31. The number of carbonyl (C=O) groups is 2. The Hall–Kier alpha value is -3.38. The lowest BCUT2D eigenvalue weighted by atomic mass is 9.94. The highest BCUT2D eigenvalue weighted by atomic mass is 16.7. The highest BCUT2D eigenvalue weighted by Gasteiger charge is 2.37. The summed E-state index contributed by atoms with van der Waals surface area (Å²) in [6.45, 7) is 1.71. The summed E-state index contributed by atoms with van der Waals surface area (Å²) < 4.78 is 0. The minimum atomic E-state index is -0.228. The molecule has 2 fully saturated rings. The molecule has 29 heavy (non-hydrogen) atoms. The summed E-state index contributed by atoms with van der Waals surface area (Å²) in [5.74, 6) is 0.306. The molecule has 9 heteroatoms. The highest BCUT2D eigenvalue weighted by molar-refractivity contribution is 5.79. The SMILES string of the molecule is N#Cc1cncc([C@@H]2CCON2C(=O)C2CCN(c3nccc(C=O)n3)CC2)c1. The molecule has 0 radical (unpaired) electrons. The second kappa shape index (κ2) is 8.32. The van der Waals surface area contributed by atoms with Crippen molar-refractivity contribution in [3.63, 3.8) is 0 Å². The van der Waals surface area contributed by atoms with Crippen LogP contribution in [0.15, 0.2) is 30.7 Å². The molecule has 0 saturated carbocycles. The van der Waals surface area contributed by atoms with E-state index in [4.69, 9.17) is 10.1 Å². The fraction of sp³-hybridized carbons (Fsp3) is 0.400. The minimum absolute atomic E-state index is 0.0444. The van der Waals surface area contributed by atoms with Crippen LogP contribution < -0.4 is 4.90 Å². The van der Waals surface area contributed by atoms with Crippen LogP contribution in [0, 0.1) is 17.2 Å². The van der Waals surface area contributed by atoms with Crippen molar-refractivity contribution in [3.05, 3.63) is 47.5 Å². The molecule has 0 bridgehead atoms. The molecule has 0 unspecified atom stereocenters. The number of carbonyl (C=O) groups excluding carboxylic acids is 2. The number of pyridine rings is 1. The zero-order chi connectivity index (χ0) is 20.2. The zero-order valence-electron chi connectivity index (χ0n) is 15.8. The molecule has 2 aromatic heterocycles. The molecule has 9 nitrogen and oxygen atoms in total. The molecule has 1 amide bonds. The molecule has 2 aromatic rings. The van der Waals surface area contributed by atoms with Gasteiger partial charge in [-0.05, 0) is 30.5 Å². The quantitative estimate of drug-likeness (QED) is 0.722. The van der Waals surface area contributed by atoms with Crippen molar-refractivity contribution in [2.75, 3.05) is 24.6 Å². The first-order chi connectivity index (χ1) is 14.2. The number of anilines is 1. The summed E-state index contributed by atoms with van der Waals surface area (Å²) in [6.07, 6.45) is 7.42. The topological polar surface area (TPSA) is 112 Å². The molecule has 2 aliphatic heterocycles. The van der Waals surface area contributed by atoms with Crippen molar-refractivity contribution in [1.29, 1.82) is 5.26 Å². The van der Waals surface area contributed by atoms with Gasteiger partial charge in [0.25, 0.3) is 0 Å². The average molecular weight is 392 g/mol. The number of amides is 1. The number of piperidine rings is 1. The molecule has 2 aliphatic rings. The fourth-order valence-electron chi connectivity index (χ4n) is 3.78. The van der Waals surface area contributed by atoms with Crippen molar-refractivity contribution in [2.45, 2.75) is 25.3 Å². The number of nitriles is 1. The number of nitrogens with zero attached hydrogens (tertiary/aromatic N) is 6. The van der Waals surface area contributed by atoms with Crippen LogP contribution >= 0.6 is 0 Å². The largest absolute Gasteiger partial charge is 0.341 e. The lowest BCUT2D eigenvalue weighted by Gasteiger charge is -2.34. The first-order valence-corrected chi connectivity index (χ1v) is 9.54. The summed E-state index contributed by atoms with van der Waals surface area (Å²) in [5, 5.41) is 10.6. The summed E-state index contributed by atoms with van der Waals surface area (Å²) in [4.78, 5) is 44.2. The molecule has 148 valence electrons. The van der Waals surface area contributed by atoms with Crippen molar-refractivity contribution >= 4 is 18.1 Å². The number of aromatic nitrogens is 3. The molecular weight excluding hydrogens is 372 g/mol. The maximum atomic E-state index is 13.1. The molecular formula is C20H20N6O3. The van der Waals surface area contributed by atoms with Crippen molar-refractivity contribution in [3.8, 4) is 6.07 Å². The standard InChI is InChI=1S/C20H20N6O3/c21-10-14-9-16(12-22-11-14)18-4-8-29-26(18)19(28)15-2-6-25(7-3-15)20-23-5-1-17(13-27)24-20/h1,5,9,11-13,15,18H,2-4,6-8H2/t18-/m0/s1. The van der Waals surface area contributed by atoms with Gasteiger partial charge in [-0.25, -0.2) is 15.0 Å². The third-order valence-electron chi connectivity index (χ3n) is 5.31. The zero-order valence-corrected chi connectivity index (χ0v) is 15.8. The van der Waals surface area contributed by atoms with E-state index < -0.39 is 0 Å². The van der Waals surface area contributed by atoms with Crippen molar-refractivity contribution < 1.29 is 14.4 Å². The van der Waals surface area contributed by atoms with Crippen LogP contribution in [0.25, 0.3) is 0 Å². The fourth-order valence-corrected chi connectivity index (χ4v) is 3.78. The Morgan fingerprint density at radius 1 is 1.28 bits per heavy atom. The molecule has 4 heterocycles. The molecule has 2 saturated heterocycles. The predicted octanol–water partition coefficient (Wildman–Crippen LogP) is 1.68. The number of hydrogen-bond donors (Lipinski definition) is 0. The summed E-state index contributed by atoms with van der Waals surface area (Å²) in [5.41, 5.74) is 1.62. The normalized spacial score (nSPS) is 19.8. The van der Waals surface area contributed by atoms with Crippen LogP contribution in [-0.4, -0.2) is 51.9 Å². The lowest BCUT2D eigenvalue weighted by molar-refractivity contribution is -0.182. The van der Waals surface area contributed by atoms with Crippen LogP contribution in [0.1, 0.15) is 46.9 Å². The monoisotopic (exact) mass is 392 g/mol. The summed E-state index contributed by atoms with van der Waals surface area (Å²) >= 11 is 0. The first kappa shape index (κ1) is 19.0. The van der Waals surface area contributed by atoms with E-state index in [1.54, 1.807) is 24.5 Å². The third kappa shape index (κ3) is 3.93. The van der Waals surface area contributed by atoms with Crippen LogP contribution in [-0.2, 0) is 9.63 Å². The molecule has 0 aliphatic carbocycles. The lowest BCUT2D eigenvalue weighted by Crippen LogP contribution is -2.42. The van der Waals surface area contributed by atoms with E-state index in [-0.39, 0.29) is 17.9 Å². The number of aldehydes is 1. The second-order valence-corrected chi connectivity index (χ2v) is 7.08. The van der Waals surface area contributed by atoms with Gasteiger partial charge < -0.3 is 4.90 Å². The van der Waals surface area contributed by atoms with Crippen molar-refractivity contribution in [2.24, 2.45) is 5.92 Å². The Kier molecular flexibility index (Phi) is 5.44. The Balaban J connectivity index is 1.42. The smallest absolute Gasteiger partial charge is 0.249 e. The highest BCUT2D eigenvalue weighted by Crippen LogP contribution is 2.33. The Labute approximate surface area is 167 Å². The van der Waals surface area contributed by atoms with Gasteiger partial charge in [-0.3, -0.25) is 19.4 Å². The summed E-state index contributed by atoms with van der Waals surface area (Å²) in [7, 11) is 0. The van der Waals surface area contributed by atoms with Gasteiger partial charge in [0.2, 0.25) is 11.9 Å². The van der Waals surface area contributed by atoms with Gasteiger partial charge in [0.1, 0.15) is 11.8 Å². The van der Waals surface area contributed by atoms with E-state index in [2.05, 4.69) is 21.0 Å². The van der Waals surface area contributed by atoms with Crippen LogP contribution in [0.2, 0.25) is 0 Å². The van der Waals surface area contributed by atoms with Crippen LogP contribution in [0.4, 0.5) is 5.95 Å². The Morgan fingerprint density at radius 2 is 2.10 bits per heavy atom. The van der Waals surface area contributed by atoms with Crippen LogP contribution in [0.3, 0.4) is 0 Å². The van der Waals surface area contributed by atoms with E-state index >= 15 is 0 Å². The van der Waals surface area contributed by atoms with E-state index in [1.165, 1.54) is 11.3 Å². The van der Waals surface area contributed by atoms with E-state index in [9.17, 15) is 9.59 Å². The molecule has 0 N–H and O–H groups in total. The van der Waals surface area contributed by atoms with Crippen molar-refractivity contribution in [1.82, 2.24) is 20.0 Å². The van der Waals surface area contributed by atoms with Gasteiger partial charge in [-0.15, -0.1) is 0 Å². The molecule has 1 atom stereocenters. The maximum absolute atomic E-state index is 13.1. The van der Waals surface area contributed by atoms with E-state index in [0.29, 0.717) is 62.5 Å². The predicted molar refractivity (Wildman–Crippen MR) is 101 cm³/mol. The van der Waals surface area contributed by atoms with Gasteiger partial charge in [0.15, 0.2) is 6.29 Å². The number of hydroxylamine groups is 2. The second-order valence-electron chi connectivity index (χ2n) is 7.08. The van der Waals surface area contributed by atoms with Gasteiger partial charge in [-0.1, -0.05) is 0 Å². The molecule has 4 rings (SSSR count). The van der Waals surface area contributed by atoms with Crippen LogP contribution in [0.5, 0.6) is 0 Å². The Morgan fingerprint density at radius 3 is 2.86 bits per heavy atom. The van der Waals surface area contributed by atoms with Gasteiger partial charge in [0, 0.05) is 44.0 Å². The molecule has 0 aromatic carbocycles. The van der Waals surface area contributed by atoms with E-state index in [0.717, 1.165) is 5.56 Å². The van der Waals surface area contributed by atoms with Gasteiger partial charge >= 0.3 is 0 Å². The average Bonchev–Trinajstić information content (AvgIpc) is 3.29. The maximum Gasteiger partial charge on any atom is 0.249 e. The Bertz CT molecular complexity index is 951.